The summed E-state index contributed by atoms with van der Waals surface area (Å²) in [4.78, 5) is 5.61. The summed E-state index contributed by atoms with van der Waals surface area (Å²) in [6.45, 7) is 6.00. The van der Waals surface area contributed by atoms with Crippen LogP contribution in [0.1, 0.15) is 19.4 Å². The molecule has 0 radical (unpaired) electrons. The van der Waals surface area contributed by atoms with Crippen LogP contribution in [0.15, 0.2) is 46.3 Å². The van der Waals surface area contributed by atoms with E-state index < -0.39 is 0 Å². The Morgan fingerprint density at radius 1 is 1.21 bits per heavy atom. The molecule has 1 aromatic carbocycles. The summed E-state index contributed by atoms with van der Waals surface area (Å²) in [5.41, 5.74) is 7.67. The van der Waals surface area contributed by atoms with Gasteiger partial charge in [0.15, 0.2) is 0 Å². The van der Waals surface area contributed by atoms with Gasteiger partial charge in [-0.25, -0.2) is 4.98 Å². The first-order valence-corrected chi connectivity index (χ1v) is 7.04. The van der Waals surface area contributed by atoms with E-state index in [0.717, 1.165) is 9.92 Å². The van der Waals surface area contributed by atoms with Crippen LogP contribution >= 0.6 is 11.8 Å². The second kappa shape index (κ2) is 5.97. The molecule has 3 nitrogen and oxygen atoms in total. The van der Waals surface area contributed by atoms with E-state index in [1.54, 1.807) is 11.8 Å². The molecule has 100 valence electrons. The molecule has 2 N–H and O–H groups in total. The highest BCUT2D eigenvalue weighted by atomic mass is 32.2. The molecule has 0 amide bonds. The van der Waals surface area contributed by atoms with Crippen molar-refractivity contribution in [3.05, 3.63) is 42.0 Å². The Bertz CT molecular complexity index is 570. The average Bonchev–Trinajstić information content (AvgIpc) is 2.33. The number of aryl methyl sites for hydroxylation is 1. The molecule has 1 aromatic heterocycles. The van der Waals surface area contributed by atoms with Crippen molar-refractivity contribution >= 4 is 17.4 Å². The Labute approximate surface area is 118 Å². The third kappa shape index (κ3) is 3.89. The van der Waals surface area contributed by atoms with E-state index in [4.69, 9.17) is 10.5 Å². The van der Waals surface area contributed by atoms with Crippen LogP contribution in [-0.2, 0) is 0 Å². The molecule has 19 heavy (non-hydrogen) atoms. The van der Waals surface area contributed by atoms with E-state index >= 15 is 0 Å². The molecule has 0 unspecified atom stereocenters. The molecular formula is C15H18N2OS. The third-order valence-electron chi connectivity index (χ3n) is 2.42. The first kappa shape index (κ1) is 13.7. The molecular weight excluding hydrogens is 256 g/mol. The molecule has 0 aliphatic carbocycles. The average molecular weight is 274 g/mol. The summed E-state index contributed by atoms with van der Waals surface area (Å²) in [7, 11) is 0. The summed E-state index contributed by atoms with van der Waals surface area (Å²) < 4.78 is 5.60. The van der Waals surface area contributed by atoms with Crippen LogP contribution in [0.4, 0.5) is 5.69 Å². The first-order valence-electron chi connectivity index (χ1n) is 6.22. The van der Waals surface area contributed by atoms with Gasteiger partial charge in [0, 0.05) is 4.90 Å². The lowest BCUT2D eigenvalue weighted by Crippen LogP contribution is -2.09. The van der Waals surface area contributed by atoms with Crippen LogP contribution in [-0.4, -0.2) is 11.1 Å². The topological polar surface area (TPSA) is 48.1 Å². The van der Waals surface area contributed by atoms with E-state index in [0.29, 0.717) is 11.6 Å². The summed E-state index contributed by atoms with van der Waals surface area (Å²) in [6, 6.07) is 12.1. The molecule has 0 saturated carbocycles. The molecule has 0 fully saturated rings. The van der Waals surface area contributed by atoms with Crippen molar-refractivity contribution in [3.8, 4) is 5.88 Å². The number of pyridine rings is 1. The van der Waals surface area contributed by atoms with Gasteiger partial charge in [0.2, 0.25) is 5.88 Å². The maximum atomic E-state index is 5.86. The number of hydrogen-bond acceptors (Lipinski definition) is 4. The standard InChI is InChI=1S/C15H18N2OS/c1-10(2)18-15-13(16)7-8-14(17-15)19-12-6-4-5-11(3)9-12/h4-10H,16H2,1-3H3. The number of rotatable bonds is 4. The Balaban J connectivity index is 2.21. The smallest absolute Gasteiger partial charge is 0.238 e. The number of anilines is 1. The molecule has 4 heteroatoms. The van der Waals surface area contributed by atoms with E-state index in [2.05, 4.69) is 30.1 Å². The molecule has 0 aliphatic rings. The highest BCUT2D eigenvalue weighted by Crippen LogP contribution is 2.30. The summed E-state index contributed by atoms with van der Waals surface area (Å²) in [5, 5.41) is 0.885. The Kier molecular flexibility index (Phi) is 4.32. The summed E-state index contributed by atoms with van der Waals surface area (Å²) in [5.74, 6) is 0.507. The van der Waals surface area contributed by atoms with Crippen molar-refractivity contribution in [2.24, 2.45) is 0 Å². The number of aromatic nitrogens is 1. The van der Waals surface area contributed by atoms with Gasteiger partial charge in [-0.15, -0.1) is 0 Å². The lowest BCUT2D eigenvalue weighted by molar-refractivity contribution is 0.232. The van der Waals surface area contributed by atoms with Gasteiger partial charge in [-0.2, -0.15) is 0 Å². The van der Waals surface area contributed by atoms with Gasteiger partial charge in [-0.05, 0) is 45.0 Å². The number of nitrogen functional groups attached to an aromatic ring is 1. The lowest BCUT2D eigenvalue weighted by atomic mass is 10.2. The van der Waals surface area contributed by atoms with Crippen LogP contribution < -0.4 is 10.5 Å². The van der Waals surface area contributed by atoms with E-state index in [-0.39, 0.29) is 6.10 Å². The molecule has 2 aromatic rings. The fourth-order valence-electron chi connectivity index (χ4n) is 1.61. The zero-order chi connectivity index (χ0) is 13.8. The van der Waals surface area contributed by atoms with Gasteiger partial charge < -0.3 is 10.5 Å². The van der Waals surface area contributed by atoms with Gasteiger partial charge in [-0.1, -0.05) is 29.5 Å². The van der Waals surface area contributed by atoms with Crippen molar-refractivity contribution in [1.29, 1.82) is 0 Å². The van der Waals surface area contributed by atoms with Crippen molar-refractivity contribution < 1.29 is 4.74 Å². The molecule has 0 atom stereocenters. The van der Waals surface area contributed by atoms with Gasteiger partial charge in [0.1, 0.15) is 5.03 Å². The van der Waals surface area contributed by atoms with Gasteiger partial charge in [0.05, 0.1) is 11.8 Å². The number of nitrogens with two attached hydrogens (primary N) is 1. The van der Waals surface area contributed by atoms with Crippen molar-refractivity contribution in [2.75, 3.05) is 5.73 Å². The van der Waals surface area contributed by atoms with Crippen molar-refractivity contribution in [1.82, 2.24) is 4.98 Å². The fraction of sp³-hybridized carbons (Fsp3) is 0.267. The van der Waals surface area contributed by atoms with Gasteiger partial charge in [-0.3, -0.25) is 0 Å². The number of ether oxygens (including phenoxy) is 1. The Morgan fingerprint density at radius 2 is 2.00 bits per heavy atom. The minimum Gasteiger partial charge on any atom is -0.473 e. The summed E-state index contributed by atoms with van der Waals surface area (Å²) in [6.07, 6.45) is 0.0639. The molecule has 1 heterocycles. The second-order valence-corrected chi connectivity index (χ2v) is 5.72. The largest absolute Gasteiger partial charge is 0.473 e. The van der Waals surface area contributed by atoms with Crippen molar-refractivity contribution in [3.63, 3.8) is 0 Å². The highest BCUT2D eigenvalue weighted by Gasteiger charge is 2.07. The van der Waals surface area contributed by atoms with Crippen LogP contribution in [0.2, 0.25) is 0 Å². The fourth-order valence-corrected chi connectivity index (χ4v) is 2.51. The zero-order valence-electron chi connectivity index (χ0n) is 11.4. The van der Waals surface area contributed by atoms with Gasteiger partial charge >= 0.3 is 0 Å². The molecule has 2 rings (SSSR count). The maximum absolute atomic E-state index is 5.86. The van der Waals surface area contributed by atoms with E-state index in [1.165, 1.54) is 5.56 Å². The van der Waals surface area contributed by atoms with Crippen LogP contribution in [0, 0.1) is 6.92 Å². The van der Waals surface area contributed by atoms with Gasteiger partial charge in [0.25, 0.3) is 0 Å². The zero-order valence-corrected chi connectivity index (χ0v) is 12.2. The molecule has 0 aliphatic heterocycles. The number of benzene rings is 1. The van der Waals surface area contributed by atoms with Crippen LogP contribution in [0.5, 0.6) is 5.88 Å². The molecule has 0 spiro atoms. The predicted octanol–water partition coefficient (Wildman–Crippen LogP) is 3.91. The first-order chi connectivity index (χ1) is 9.04. The quantitative estimate of drug-likeness (QED) is 0.918. The third-order valence-corrected chi connectivity index (χ3v) is 3.35. The normalized spacial score (nSPS) is 10.7. The minimum absolute atomic E-state index is 0.0639. The summed E-state index contributed by atoms with van der Waals surface area (Å²) >= 11 is 1.61. The highest BCUT2D eigenvalue weighted by molar-refractivity contribution is 7.99. The number of hydrogen-bond donors (Lipinski definition) is 1. The minimum atomic E-state index is 0.0639. The van der Waals surface area contributed by atoms with E-state index in [9.17, 15) is 0 Å². The van der Waals surface area contributed by atoms with Crippen LogP contribution in [0.3, 0.4) is 0 Å². The van der Waals surface area contributed by atoms with Crippen LogP contribution in [0.25, 0.3) is 0 Å². The Hall–Kier alpha value is -1.68. The predicted molar refractivity (Wildman–Crippen MR) is 79.7 cm³/mol. The van der Waals surface area contributed by atoms with Crippen molar-refractivity contribution in [2.45, 2.75) is 36.8 Å². The molecule has 0 saturated heterocycles. The lowest BCUT2D eigenvalue weighted by Gasteiger charge is -2.12. The number of nitrogens with zero attached hydrogens (tertiary/aromatic N) is 1. The maximum Gasteiger partial charge on any atom is 0.238 e. The monoisotopic (exact) mass is 274 g/mol. The second-order valence-electron chi connectivity index (χ2n) is 4.63. The SMILES string of the molecule is Cc1cccc(Sc2ccc(N)c(OC(C)C)n2)c1. The molecule has 0 bridgehead atoms. The van der Waals surface area contributed by atoms with E-state index in [1.807, 2.05) is 32.0 Å². The Morgan fingerprint density at radius 3 is 2.68 bits per heavy atom.